The molecule has 7 heteroatoms. The van der Waals surface area contributed by atoms with Gasteiger partial charge in [0.05, 0.1) is 4.90 Å². The number of rotatable bonds is 7. The van der Waals surface area contributed by atoms with Crippen molar-refractivity contribution in [3.63, 3.8) is 0 Å². The van der Waals surface area contributed by atoms with Crippen LogP contribution in [-0.4, -0.2) is 20.4 Å². The summed E-state index contributed by atoms with van der Waals surface area (Å²) in [6.07, 6.45) is 0. The molecule has 0 aromatic heterocycles. The largest absolute Gasteiger partial charge is 0.325 e. The number of hydrogen-bond donors (Lipinski definition) is 2. The van der Waals surface area contributed by atoms with E-state index >= 15 is 0 Å². The molecule has 3 rings (SSSR count). The molecule has 1 unspecified atom stereocenters. The molecular weight excluding hydrogens is 403 g/mol. The lowest BCUT2D eigenvalue weighted by Crippen LogP contribution is -2.47. The molecule has 0 bridgehead atoms. The van der Waals surface area contributed by atoms with Crippen LogP contribution in [0.15, 0.2) is 83.8 Å². The Balaban J connectivity index is 1.77. The maximum Gasteiger partial charge on any atom is 0.242 e. The van der Waals surface area contributed by atoms with Crippen molar-refractivity contribution in [1.82, 2.24) is 4.72 Å². The van der Waals surface area contributed by atoms with Gasteiger partial charge in [-0.1, -0.05) is 56.3 Å². The maximum absolute atomic E-state index is 13.1. The van der Waals surface area contributed by atoms with Crippen LogP contribution in [-0.2, 0) is 14.8 Å². The normalized spacial score (nSPS) is 12.5. The van der Waals surface area contributed by atoms with Gasteiger partial charge in [0.1, 0.15) is 11.9 Å². The molecule has 0 aliphatic rings. The first-order valence-corrected chi connectivity index (χ1v) is 11.0. The summed E-state index contributed by atoms with van der Waals surface area (Å²) in [5, 5.41) is 2.74. The zero-order valence-electron chi connectivity index (χ0n) is 16.7. The number of carbonyl (C=O) groups excluding carboxylic acids is 1. The van der Waals surface area contributed by atoms with Crippen LogP contribution in [0.2, 0.25) is 0 Å². The molecule has 2 N–H and O–H groups in total. The Morgan fingerprint density at radius 3 is 1.90 bits per heavy atom. The van der Waals surface area contributed by atoms with E-state index in [2.05, 4.69) is 10.0 Å². The second-order valence-corrected chi connectivity index (χ2v) is 8.94. The number of carbonyl (C=O) groups is 1. The highest BCUT2D eigenvalue weighted by Gasteiger charge is 2.28. The molecule has 0 radical (unpaired) electrons. The van der Waals surface area contributed by atoms with Crippen molar-refractivity contribution in [3.8, 4) is 11.1 Å². The summed E-state index contributed by atoms with van der Waals surface area (Å²) in [6, 6.07) is 20.1. The number of anilines is 1. The molecule has 30 heavy (non-hydrogen) atoms. The van der Waals surface area contributed by atoms with E-state index in [1.54, 1.807) is 62.4 Å². The Hall–Kier alpha value is -3.03. The molecule has 0 heterocycles. The Morgan fingerprint density at radius 2 is 1.37 bits per heavy atom. The molecule has 0 saturated heterocycles. The number of nitrogens with one attached hydrogen (secondary N) is 2. The monoisotopic (exact) mass is 426 g/mol. The molecule has 3 aromatic carbocycles. The Labute approximate surface area is 176 Å². The summed E-state index contributed by atoms with van der Waals surface area (Å²) in [5.74, 6) is -1.03. The van der Waals surface area contributed by atoms with Gasteiger partial charge >= 0.3 is 0 Å². The number of sulfonamides is 1. The van der Waals surface area contributed by atoms with Gasteiger partial charge in [-0.2, -0.15) is 4.72 Å². The van der Waals surface area contributed by atoms with E-state index in [4.69, 9.17) is 0 Å². The van der Waals surface area contributed by atoms with Crippen LogP contribution in [0.5, 0.6) is 0 Å². The first-order valence-electron chi connectivity index (χ1n) is 9.50. The fourth-order valence-electron chi connectivity index (χ4n) is 2.94. The van der Waals surface area contributed by atoms with Crippen molar-refractivity contribution in [2.24, 2.45) is 5.92 Å². The van der Waals surface area contributed by atoms with Gasteiger partial charge in [0.2, 0.25) is 15.9 Å². The summed E-state index contributed by atoms with van der Waals surface area (Å²) in [6.45, 7) is 3.55. The predicted octanol–water partition coefficient (Wildman–Crippen LogP) is 4.43. The second-order valence-electron chi connectivity index (χ2n) is 7.23. The topological polar surface area (TPSA) is 75.3 Å². The number of para-hydroxylation sites is 1. The zero-order chi connectivity index (χ0) is 21.7. The highest BCUT2D eigenvalue weighted by Crippen LogP contribution is 2.22. The smallest absolute Gasteiger partial charge is 0.242 e. The van der Waals surface area contributed by atoms with Gasteiger partial charge in [-0.15, -0.1) is 0 Å². The fourth-order valence-corrected chi connectivity index (χ4v) is 4.28. The molecule has 0 aliphatic carbocycles. The van der Waals surface area contributed by atoms with Gasteiger partial charge in [0.15, 0.2) is 0 Å². The lowest BCUT2D eigenvalue weighted by molar-refractivity contribution is -0.118. The van der Waals surface area contributed by atoms with E-state index in [0.29, 0.717) is 5.69 Å². The van der Waals surface area contributed by atoms with Crippen molar-refractivity contribution in [1.29, 1.82) is 0 Å². The molecule has 0 aliphatic heterocycles. The first-order chi connectivity index (χ1) is 14.3. The summed E-state index contributed by atoms with van der Waals surface area (Å²) < 4.78 is 41.3. The molecule has 156 valence electrons. The van der Waals surface area contributed by atoms with Crippen LogP contribution in [0.1, 0.15) is 13.8 Å². The summed E-state index contributed by atoms with van der Waals surface area (Å²) >= 11 is 0. The van der Waals surface area contributed by atoms with Crippen LogP contribution >= 0.6 is 0 Å². The van der Waals surface area contributed by atoms with E-state index in [-0.39, 0.29) is 16.6 Å². The number of hydrogen-bond acceptors (Lipinski definition) is 3. The van der Waals surface area contributed by atoms with E-state index in [1.165, 1.54) is 24.3 Å². The average Bonchev–Trinajstić information content (AvgIpc) is 2.73. The Kier molecular flexibility index (Phi) is 6.64. The van der Waals surface area contributed by atoms with Gasteiger partial charge in [-0.25, -0.2) is 12.8 Å². The molecule has 0 spiro atoms. The Bertz CT molecular complexity index is 1100. The van der Waals surface area contributed by atoms with Crippen LogP contribution in [0.25, 0.3) is 11.1 Å². The minimum Gasteiger partial charge on any atom is -0.325 e. The zero-order valence-corrected chi connectivity index (χ0v) is 17.5. The predicted molar refractivity (Wildman–Crippen MR) is 116 cm³/mol. The standard InChI is InChI=1S/C23H23FN2O3S/c1-16(2)22(23(27)25-20-6-4-3-5-7-20)26-30(28,29)21-14-10-18(11-15-21)17-8-12-19(24)13-9-17/h3-16,22,26H,1-2H3,(H,25,27). The van der Waals surface area contributed by atoms with Gasteiger partial charge < -0.3 is 5.32 Å². The SMILES string of the molecule is CC(C)C(NS(=O)(=O)c1ccc(-c2ccc(F)cc2)cc1)C(=O)Nc1ccccc1. The molecule has 5 nitrogen and oxygen atoms in total. The first kappa shape index (κ1) is 21.7. The lowest BCUT2D eigenvalue weighted by atomic mass is 10.0. The number of amides is 1. The number of halogens is 1. The van der Waals surface area contributed by atoms with Crippen LogP contribution in [0.3, 0.4) is 0 Å². The molecule has 0 fully saturated rings. The summed E-state index contributed by atoms with van der Waals surface area (Å²) in [7, 11) is -3.92. The van der Waals surface area contributed by atoms with Crippen LogP contribution < -0.4 is 10.0 Å². The van der Waals surface area contributed by atoms with Gasteiger partial charge in [-0.05, 0) is 53.4 Å². The fraction of sp³-hybridized carbons (Fsp3) is 0.174. The maximum atomic E-state index is 13.1. The molecule has 0 saturated carbocycles. The van der Waals surface area contributed by atoms with E-state index in [9.17, 15) is 17.6 Å². The van der Waals surface area contributed by atoms with Crippen molar-refractivity contribution in [2.75, 3.05) is 5.32 Å². The third kappa shape index (κ3) is 5.31. The summed E-state index contributed by atoms with van der Waals surface area (Å²) in [4.78, 5) is 12.7. The minimum atomic E-state index is -3.92. The van der Waals surface area contributed by atoms with E-state index < -0.39 is 22.0 Å². The molecular formula is C23H23FN2O3S. The molecule has 1 amide bonds. The van der Waals surface area contributed by atoms with Crippen molar-refractivity contribution < 1.29 is 17.6 Å². The quantitative estimate of drug-likeness (QED) is 0.587. The van der Waals surface area contributed by atoms with Gasteiger partial charge in [0.25, 0.3) is 0 Å². The highest BCUT2D eigenvalue weighted by molar-refractivity contribution is 7.89. The summed E-state index contributed by atoms with van der Waals surface area (Å²) in [5.41, 5.74) is 2.13. The average molecular weight is 427 g/mol. The van der Waals surface area contributed by atoms with Crippen molar-refractivity contribution in [2.45, 2.75) is 24.8 Å². The van der Waals surface area contributed by atoms with Gasteiger partial charge in [-0.3, -0.25) is 4.79 Å². The van der Waals surface area contributed by atoms with E-state index in [1.807, 2.05) is 6.07 Å². The van der Waals surface area contributed by atoms with Gasteiger partial charge in [0, 0.05) is 5.69 Å². The van der Waals surface area contributed by atoms with E-state index in [0.717, 1.165) is 11.1 Å². The molecule has 3 aromatic rings. The van der Waals surface area contributed by atoms with Crippen LogP contribution in [0, 0.1) is 11.7 Å². The highest BCUT2D eigenvalue weighted by atomic mass is 32.2. The van der Waals surface area contributed by atoms with Crippen molar-refractivity contribution in [3.05, 3.63) is 84.7 Å². The lowest BCUT2D eigenvalue weighted by Gasteiger charge is -2.21. The number of benzene rings is 3. The second kappa shape index (κ2) is 9.19. The van der Waals surface area contributed by atoms with Crippen LogP contribution in [0.4, 0.5) is 10.1 Å². The third-order valence-corrected chi connectivity index (χ3v) is 6.07. The molecule has 1 atom stereocenters. The third-order valence-electron chi connectivity index (χ3n) is 4.61. The Morgan fingerprint density at radius 1 is 0.833 bits per heavy atom. The minimum absolute atomic E-state index is 0.0477. The van der Waals surface area contributed by atoms with Crippen molar-refractivity contribution >= 4 is 21.6 Å².